The van der Waals surface area contributed by atoms with E-state index in [0.29, 0.717) is 9.90 Å². The van der Waals surface area contributed by atoms with Gasteiger partial charge >= 0.3 is 0 Å². The Morgan fingerprint density at radius 3 is 3.00 bits per heavy atom. The molecule has 1 heterocycles. The molecule has 3 nitrogen and oxygen atoms in total. The van der Waals surface area contributed by atoms with Gasteiger partial charge in [0.1, 0.15) is 10.9 Å². The number of nitriles is 1. The summed E-state index contributed by atoms with van der Waals surface area (Å²) in [5.74, 6) is -0.297. The van der Waals surface area contributed by atoms with Crippen LogP contribution in [0.25, 0.3) is 0 Å². The SMILES string of the molecule is C[C@@H](C#N)NC(=O)c1sccc1Cl. The van der Waals surface area contributed by atoms with Crippen LogP contribution in [0.1, 0.15) is 16.6 Å². The van der Waals surface area contributed by atoms with Crippen LogP contribution >= 0.6 is 22.9 Å². The summed E-state index contributed by atoms with van der Waals surface area (Å²) >= 11 is 6.98. The molecule has 0 radical (unpaired) electrons. The predicted molar refractivity (Wildman–Crippen MR) is 51.9 cm³/mol. The molecule has 1 N–H and O–H groups in total. The van der Waals surface area contributed by atoms with Crippen LogP contribution in [0, 0.1) is 11.3 Å². The molecule has 0 aliphatic carbocycles. The number of nitrogens with zero attached hydrogens (tertiary/aromatic N) is 1. The summed E-state index contributed by atoms with van der Waals surface area (Å²) in [6, 6.07) is 3.06. The van der Waals surface area contributed by atoms with Crippen molar-refractivity contribution in [2.45, 2.75) is 13.0 Å². The van der Waals surface area contributed by atoms with Crippen LogP contribution in [0.2, 0.25) is 5.02 Å². The Balaban J connectivity index is 2.71. The maximum Gasteiger partial charge on any atom is 0.263 e. The molecular formula is C8H7ClN2OS. The second kappa shape index (κ2) is 4.26. The average molecular weight is 215 g/mol. The van der Waals surface area contributed by atoms with Crippen LogP contribution in [0.5, 0.6) is 0 Å². The highest BCUT2D eigenvalue weighted by molar-refractivity contribution is 7.12. The minimum Gasteiger partial charge on any atom is -0.336 e. The summed E-state index contributed by atoms with van der Waals surface area (Å²) in [6.45, 7) is 1.61. The molecule has 0 spiro atoms. The van der Waals surface area contributed by atoms with Crippen molar-refractivity contribution in [1.82, 2.24) is 5.32 Å². The van der Waals surface area contributed by atoms with Crippen LogP contribution in [0.3, 0.4) is 0 Å². The number of nitrogens with one attached hydrogen (secondary N) is 1. The number of carbonyl (C=O) groups is 1. The fourth-order valence-corrected chi connectivity index (χ4v) is 1.79. The van der Waals surface area contributed by atoms with Crippen LogP contribution in [-0.4, -0.2) is 11.9 Å². The molecule has 0 saturated heterocycles. The third-order valence-corrected chi connectivity index (χ3v) is 2.70. The Hall–Kier alpha value is -1.05. The van der Waals surface area contributed by atoms with Gasteiger partial charge in [-0.05, 0) is 18.4 Å². The van der Waals surface area contributed by atoms with Gasteiger partial charge in [-0.1, -0.05) is 11.6 Å². The first kappa shape index (κ1) is 10.0. The molecule has 0 fully saturated rings. The minimum absolute atomic E-state index is 0.297. The summed E-state index contributed by atoms with van der Waals surface area (Å²) in [5, 5.41) is 13.1. The first-order chi connectivity index (χ1) is 6.15. The van der Waals surface area contributed by atoms with E-state index in [9.17, 15) is 4.79 Å². The van der Waals surface area contributed by atoms with Gasteiger partial charge in [0.2, 0.25) is 0 Å². The Kier molecular flexibility index (Phi) is 3.29. The van der Waals surface area contributed by atoms with Gasteiger partial charge in [-0.25, -0.2) is 0 Å². The topological polar surface area (TPSA) is 52.9 Å². The van der Waals surface area contributed by atoms with Crippen molar-refractivity contribution in [3.63, 3.8) is 0 Å². The highest BCUT2D eigenvalue weighted by atomic mass is 35.5. The van der Waals surface area contributed by atoms with Crippen molar-refractivity contribution in [2.24, 2.45) is 0 Å². The largest absolute Gasteiger partial charge is 0.336 e. The smallest absolute Gasteiger partial charge is 0.263 e. The second-order valence-corrected chi connectivity index (χ2v) is 3.75. The molecule has 0 aliphatic heterocycles. The van der Waals surface area contributed by atoms with E-state index < -0.39 is 6.04 Å². The van der Waals surface area contributed by atoms with E-state index in [1.165, 1.54) is 11.3 Å². The Morgan fingerprint density at radius 1 is 1.85 bits per heavy atom. The highest BCUT2D eigenvalue weighted by Gasteiger charge is 2.13. The molecular weight excluding hydrogens is 208 g/mol. The van der Waals surface area contributed by atoms with Crippen LogP contribution in [0.4, 0.5) is 0 Å². The highest BCUT2D eigenvalue weighted by Crippen LogP contribution is 2.21. The number of carbonyl (C=O) groups excluding carboxylic acids is 1. The van der Waals surface area contributed by atoms with Crippen molar-refractivity contribution in [3.8, 4) is 6.07 Å². The third kappa shape index (κ3) is 2.44. The Bertz CT molecular complexity index is 355. The lowest BCUT2D eigenvalue weighted by molar-refractivity contribution is 0.0952. The second-order valence-electron chi connectivity index (χ2n) is 2.42. The third-order valence-electron chi connectivity index (χ3n) is 1.36. The Labute approximate surface area is 84.9 Å². The number of rotatable bonds is 2. The monoisotopic (exact) mass is 214 g/mol. The normalized spacial score (nSPS) is 11.8. The van der Waals surface area contributed by atoms with Crippen molar-refractivity contribution >= 4 is 28.8 Å². The standard InChI is InChI=1S/C8H7ClN2OS/c1-5(4-10)11-8(12)7-6(9)2-3-13-7/h2-3,5H,1H3,(H,11,12)/t5-/m0/s1. The van der Waals surface area contributed by atoms with Crippen molar-refractivity contribution in [2.75, 3.05) is 0 Å². The van der Waals surface area contributed by atoms with Gasteiger partial charge in [-0.2, -0.15) is 5.26 Å². The number of hydrogen-bond acceptors (Lipinski definition) is 3. The molecule has 13 heavy (non-hydrogen) atoms. The van der Waals surface area contributed by atoms with E-state index in [0.717, 1.165) is 0 Å². The zero-order valence-corrected chi connectivity index (χ0v) is 8.45. The quantitative estimate of drug-likeness (QED) is 0.819. The zero-order chi connectivity index (χ0) is 9.84. The maximum absolute atomic E-state index is 11.4. The van der Waals surface area contributed by atoms with Crippen LogP contribution in [0.15, 0.2) is 11.4 Å². The van der Waals surface area contributed by atoms with Gasteiger partial charge < -0.3 is 5.32 Å². The molecule has 1 aromatic rings. The van der Waals surface area contributed by atoms with Crippen molar-refractivity contribution in [3.05, 3.63) is 21.3 Å². The van der Waals surface area contributed by atoms with Gasteiger partial charge in [-0.15, -0.1) is 11.3 Å². The predicted octanol–water partition coefficient (Wildman–Crippen LogP) is 2.04. The first-order valence-electron chi connectivity index (χ1n) is 3.58. The van der Waals surface area contributed by atoms with Crippen LogP contribution < -0.4 is 5.32 Å². The molecule has 0 aromatic carbocycles. The molecule has 0 aliphatic rings. The lowest BCUT2D eigenvalue weighted by Gasteiger charge is -2.04. The molecule has 68 valence electrons. The van der Waals surface area contributed by atoms with Gasteiger partial charge in [0.15, 0.2) is 0 Å². The lowest BCUT2D eigenvalue weighted by Crippen LogP contribution is -2.30. The van der Waals surface area contributed by atoms with E-state index in [4.69, 9.17) is 16.9 Å². The molecule has 1 aromatic heterocycles. The molecule has 0 saturated carbocycles. The van der Waals surface area contributed by atoms with E-state index in [2.05, 4.69) is 5.32 Å². The molecule has 1 amide bonds. The van der Waals surface area contributed by atoms with Crippen molar-refractivity contribution in [1.29, 1.82) is 5.26 Å². The summed E-state index contributed by atoms with van der Waals surface area (Å²) in [6.07, 6.45) is 0. The maximum atomic E-state index is 11.4. The summed E-state index contributed by atoms with van der Waals surface area (Å²) in [4.78, 5) is 11.8. The average Bonchev–Trinajstić information content (AvgIpc) is 2.51. The molecule has 0 unspecified atom stereocenters. The van der Waals surface area contributed by atoms with Gasteiger partial charge in [-0.3, -0.25) is 4.79 Å². The van der Waals surface area contributed by atoms with Crippen molar-refractivity contribution < 1.29 is 4.79 Å². The van der Waals surface area contributed by atoms with Gasteiger partial charge in [0.25, 0.3) is 5.91 Å². The van der Waals surface area contributed by atoms with Gasteiger partial charge in [0, 0.05) is 0 Å². The van der Waals surface area contributed by atoms with E-state index in [1.54, 1.807) is 18.4 Å². The lowest BCUT2D eigenvalue weighted by atomic mass is 10.3. The van der Waals surface area contributed by atoms with Gasteiger partial charge in [0.05, 0.1) is 11.1 Å². The summed E-state index contributed by atoms with van der Waals surface area (Å²) in [7, 11) is 0. The van der Waals surface area contributed by atoms with E-state index in [-0.39, 0.29) is 5.91 Å². The zero-order valence-electron chi connectivity index (χ0n) is 6.87. The summed E-state index contributed by atoms with van der Waals surface area (Å²) < 4.78 is 0. The Morgan fingerprint density at radius 2 is 2.54 bits per heavy atom. The van der Waals surface area contributed by atoms with E-state index >= 15 is 0 Å². The van der Waals surface area contributed by atoms with E-state index in [1.807, 2.05) is 6.07 Å². The fourth-order valence-electron chi connectivity index (χ4n) is 0.750. The summed E-state index contributed by atoms with van der Waals surface area (Å²) in [5.41, 5.74) is 0. The molecule has 1 atom stereocenters. The first-order valence-corrected chi connectivity index (χ1v) is 4.84. The minimum atomic E-state index is -0.495. The molecule has 5 heteroatoms. The molecule has 0 bridgehead atoms. The number of hydrogen-bond donors (Lipinski definition) is 1. The number of thiophene rings is 1. The number of amides is 1. The number of halogens is 1. The fraction of sp³-hybridized carbons (Fsp3) is 0.250. The van der Waals surface area contributed by atoms with Crippen LogP contribution in [-0.2, 0) is 0 Å². The molecule has 1 rings (SSSR count).